The summed E-state index contributed by atoms with van der Waals surface area (Å²) in [5.74, 6) is -0.461. The van der Waals surface area contributed by atoms with E-state index in [0.29, 0.717) is 44.0 Å². The number of anilines is 1. The standard InChI is InChI=1S/C30H31F3N4O4/c1-20-25(29(40)37(28(20)39)23-9-8-22(19-34)26(18-23)30(31,32)33)5-3-4-12-35-13-15-36(16-14-35)27(38)17-21-6-10-24(41-2)11-7-21/h6-11,18H,3-5,12-17H2,1-2H3. The number of halogens is 3. The zero-order chi connectivity index (χ0) is 29.7. The number of amides is 3. The molecule has 0 spiro atoms. The van der Waals surface area contributed by atoms with Gasteiger partial charge in [0, 0.05) is 37.3 Å². The van der Waals surface area contributed by atoms with Gasteiger partial charge in [-0.15, -0.1) is 0 Å². The van der Waals surface area contributed by atoms with E-state index in [-0.39, 0.29) is 17.2 Å². The van der Waals surface area contributed by atoms with Crippen molar-refractivity contribution in [1.29, 1.82) is 5.26 Å². The lowest BCUT2D eigenvalue weighted by Crippen LogP contribution is -2.49. The van der Waals surface area contributed by atoms with Crippen LogP contribution < -0.4 is 9.64 Å². The van der Waals surface area contributed by atoms with E-state index in [4.69, 9.17) is 10.00 Å². The molecule has 2 heterocycles. The molecule has 0 atom stereocenters. The van der Waals surface area contributed by atoms with Gasteiger partial charge in [0.25, 0.3) is 11.8 Å². The molecule has 0 aromatic heterocycles. The molecule has 0 aliphatic carbocycles. The molecule has 41 heavy (non-hydrogen) atoms. The second-order valence-corrected chi connectivity index (χ2v) is 10.1. The molecule has 0 saturated carbocycles. The maximum Gasteiger partial charge on any atom is 0.417 e. The van der Waals surface area contributed by atoms with Gasteiger partial charge in [-0.25, -0.2) is 4.90 Å². The first-order chi connectivity index (χ1) is 19.5. The van der Waals surface area contributed by atoms with E-state index >= 15 is 0 Å². The smallest absolute Gasteiger partial charge is 0.417 e. The molecule has 1 fully saturated rings. The average molecular weight is 569 g/mol. The van der Waals surface area contributed by atoms with Crippen LogP contribution in [0.2, 0.25) is 0 Å². The summed E-state index contributed by atoms with van der Waals surface area (Å²) in [6.45, 7) is 5.01. The lowest BCUT2D eigenvalue weighted by molar-refractivity contribution is -0.138. The number of nitrogens with zero attached hydrogens (tertiary/aromatic N) is 4. The highest BCUT2D eigenvalue weighted by Crippen LogP contribution is 2.37. The summed E-state index contributed by atoms with van der Waals surface area (Å²) in [4.78, 5) is 43.4. The van der Waals surface area contributed by atoms with E-state index in [1.54, 1.807) is 7.11 Å². The number of benzene rings is 2. The number of imide groups is 1. The summed E-state index contributed by atoms with van der Waals surface area (Å²) in [6.07, 6.45) is -2.75. The number of ether oxygens (including phenoxy) is 1. The van der Waals surface area contributed by atoms with Crippen molar-refractivity contribution in [3.05, 3.63) is 70.3 Å². The van der Waals surface area contributed by atoms with Gasteiger partial charge in [0.15, 0.2) is 0 Å². The third-order valence-electron chi connectivity index (χ3n) is 7.52. The van der Waals surface area contributed by atoms with Crippen LogP contribution in [0.3, 0.4) is 0 Å². The van der Waals surface area contributed by atoms with Crippen LogP contribution in [0.25, 0.3) is 0 Å². The SMILES string of the molecule is COc1ccc(CC(=O)N2CCN(CCCCC3=C(C)C(=O)N(c4ccc(C#N)c(C(F)(F)F)c4)C3=O)CC2)cc1. The fourth-order valence-electron chi connectivity index (χ4n) is 5.10. The number of piperazine rings is 1. The molecule has 2 aliphatic rings. The summed E-state index contributed by atoms with van der Waals surface area (Å²) in [6, 6.07) is 11.8. The highest BCUT2D eigenvalue weighted by atomic mass is 19.4. The van der Waals surface area contributed by atoms with E-state index in [1.807, 2.05) is 29.2 Å². The molecule has 0 unspecified atom stereocenters. The van der Waals surface area contributed by atoms with Gasteiger partial charge in [-0.2, -0.15) is 18.4 Å². The van der Waals surface area contributed by atoms with Crippen molar-refractivity contribution in [2.45, 2.75) is 38.8 Å². The van der Waals surface area contributed by atoms with E-state index in [9.17, 15) is 27.6 Å². The quantitative estimate of drug-likeness (QED) is 0.330. The number of carbonyl (C=O) groups excluding carboxylic acids is 3. The van der Waals surface area contributed by atoms with Crippen molar-refractivity contribution < 1.29 is 32.3 Å². The molecular weight excluding hydrogens is 537 g/mol. The van der Waals surface area contributed by atoms with E-state index in [1.165, 1.54) is 19.1 Å². The lowest BCUT2D eigenvalue weighted by atomic mass is 10.0. The van der Waals surface area contributed by atoms with Crippen molar-refractivity contribution in [2.75, 3.05) is 44.7 Å². The van der Waals surface area contributed by atoms with Crippen LogP contribution >= 0.6 is 0 Å². The minimum atomic E-state index is -4.80. The normalized spacial score (nSPS) is 16.4. The van der Waals surface area contributed by atoms with Gasteiger partial charge in [0.2, 0.25) is 5.91 Å². The number of hydrogen-bond acceptors (Lipinski definition) is 6. The number of unbranched alkanes of at least 4 members (excludes halogenated alkanes) is 1. The second-order valence-electron chi connectivity index (χ2n) is 10.1. The number of alkyl halides is 3. The van der Waals surface area contributed by atoms with E-state index < -0.39 is 29.1 Å². The summed E-state index contributed by atoms with van der Waals surface area (Å²) in [7, 11) is 1.60. The molecule has 1 saturated heterocycles. The number of rotatable bonds is 9. The Morgan fingerprint density at radius 1 is 1.00 bits per heavy atom. The second kappa shape index (κ2) is 12.6. The minimum absolute atomic E-state index is 0.0795. The fourth-order valence-corrected chi connectivity index (χ4v) is 5.10. The van der Waals surface area contributed by atoms with Crippen molar-refractivity contribution in [3.63, 3.8) is 0 Å². The van der Waals surface area contributed by atoms with Crippen molar-refractivity contribution >= 4 is 23.4 Å². The summed E-state index contributed by atoms with van der Waals surface area (Å²) in [5.41, 5.74) is -0.528. The molecule has 8 nitrogen and oxygen atoms in total. The molecule has 0 N–H and O–H groups in total. The fraction of sp³-hybridized carbons (Fsp3) is 0.400. The molecule has 2 aromatic rings. The van der Waals surface area contributed by atoms with Gasteiger partial charge < -0.3 is 9.64 Å². The Hall–Kier alpha value is -4.17. The Balaban J connectivity index is 1.25. The Bertz CT molecular complexity index is 1390. The van der Waals surface area contributed by atoms with Gasteiger partial charge in [-0.05, 0) is 68.6 Å². The van der Waals surface area contributed by atoms with Crippen LogP contribution in [0.15, 0.2) is 53.6 Å². The first-order valence-electron chi connectivity index (χ1n) is 13.4. The van der Waals surface area contributed by atoms with Crippen molar-refractivity contribution in [1.82, 2.24) is 9.80 Å². The van der Waals surface area contributed by atoms with Gasteiger partial charge in [-0.3, -0.25) is 19.3 Å². The zero-order valence-corrected chi connectivity index (χ0v) is 23.0. The highest BCUT2D eigenvalue weighted by Gasteiger charge is 2.39. The van der Waals surface area contributed by atoms with Crippen LogP contribution in [-0.2, 0) is 27.0 Å². The maximum absolute atomic E-state index is 13.4. The zero-order valence-electron chi connectivity index (χ0n) is 23.0. The van der Waals surface area contributed by atoms with Crippen LogP contribution in [0.4, 0.5) is 18.9 Å². The molecule has 11 heteroatoms. The largest absolute Gasteiger partial charge is 0.497 e. The Morgan fingerprint density at radius 2 is 1.68 bits per heavy atom. The van der Waals surface area contributed by atoms with Crippen LogP contribution in [0.1, 0.15) is 42.9 Å². The number of hydrogen-bond donors (Lipinski definition) is 0. The molecule has 216 valence electrons. The van der Waals surface area contributed by atoms with E-state index in [0.717, 1.165) is 48.3 Å². The number of methoxy groups -OCH3 is 1. The lowest BCUT2D eigenvalue weighted by Gasteiger charge is -2.34. The number of carbonyl (C=O) groups is 3. The topological polar surface area (TPSA) is 93.9 Å². The van der Waals surface area contributed by atoms with Crippen molar-refractivity contribution in [2.24, 2.45) is 0 Å². The maximum atomic E-state index is 13.4. The van der Waals surface area contributed by atoms with Crippen molar-refractivity contribution in [3.8, 4) is 11.8 Å². The molecule has 3 amide bonds. The molecule has 0 bridgehead atoms. The Kier molecular flexibility index (Phi) is 9.13. The van der Waals surface area contributed by atoms with Crippen LogP contribution in [-0.4, -0.2) is 67.4 Å². The van der Waals surface area contributed by atoms with Crippen LogP contribution in [0.5, 0.6) is 5.75 Å². The minimum Gasteiger partial charge on any atom is -0.497 e. The summed E-state index contributed by atoms with van der Waals surface area (Å²) >= 11 is 0. The average Bonchev–Trinajstić information content (AvgIpc) is 3.17. The predicted octanol–water partition coefficient (Wildman–Crippen LogP) is 4.33. The van der Waals surface area contributed by atoms with Gasteiger partial charge in [-0.1, -0.05) is 12.1 Å². The predicted molar refractivity (Wildman–Crippen MR) is 145 cm³/mol. The number of nitriles is 1. The Morgan fingerprint density at radius 3 is 2.29 bits per heavy atom. The van der Waals surface area contributed by atoms with Gasteiger partial charge >= 0.3 is 6.18 Å². The highest BCUT2D eigenvalue weighted by molar-refractivity contribution is 6.32. The molecule has 4 rings (SSSR count). The van der Waals surface area contributed by atoms with E-state index in [2.05, 4.69) is 4.90 Å². The molecular formula is C30H31F3N4O4. The molecule has 2 aliphatic heterocycles. The summed E-state index contributed by atoms with van der Waals surface area (Å²) < 4.78 is 45.4. The third kappa shape index (κ3) is 6.77. The third-order valence-corrected chi connectivity index (χ3v) is 7.52. The first kappa shape index (κ1) is 29.8. The van der Waals surface area contributed by atoms with Gasteiger partial charge in [0.05, 0.1) is 36.4 Å². The molecule has 2 aromatic carbocycles. The Labute approximate surface area is 236 Å². The van der Waals surface area contributed by atoms with Gasteiger partial charge in [0.1, 0.15) is 5.75 Å². The molecule has 0 radical (unpaired) electrons. The van der Waals surface area contributed by atoms with Crippen LogP contribution in [0, 0.1) is 11.3 Å². The first-order valence-corrected chi connectivity index (χ1v) is 13.4. The summed E-state index contributed by atoms with van der Waals surface area (Å²) in [5, 5.41) is 9.02. The monoisotopic (exact) mass is 568 g/mol.